The molecule has 28 heavy (non-hydrogen) atoms. The molecule has 0 spiro atoms. The first-order valence-electron chi connectivity index (χ1n) is 9.93. The predicted molar refractivity (Wildman–Crippen MR) is 117 cm³/mol. The van der Waals surface area contributed by atoms with Gasteiger partial charge in [0.05, 0.1) is 16.6 Å². The summed E-state index contributed by atoms with van der Waals surface area (Å²) in [6, 6.07) is 23.1. The summed E-state index contributed by atoms with van der Waals surface area (Å²) >= 11 is 0. The number of anilines is 1. The molecule has 4 aromatic rings. The van der Waals surface area contributed by atoms with E-state index < -0.39 is 0 Å². The highest BCUT2D eigenvalue weighted by molar-refractivity contribution is 5.85. The van der Waals surface area contributed by atoms with E-state index in [0.29, 0.717) is 0 Å². The van der Waals surface area contributed by atoms with Crippen molar-refractivity contribution >= 4 is 28.4 Å². The number of fused-ring (bicyclic) bond motifs is 3. The van der Waals surface area contributed by atoms with Crippen LogP contribution in [-0.4, -0.2) is 47.0 Å². The number of piperazine rings is 1. The molecule has 5 rings (SSSR count). The molecule has 2 aromatic heterocycles. The van der Waals surface area contributed by atoms with Crippen LogP contribution in [-0.2, 0) is 0 Å². The first kappa shape index (κ1) is 17.0. The second-order valence-corrected chi connectivity index (χ2v) is 7.29. The fourth-order valence-corrected chi connectivity index (χ4v) is 3.98. The van der Waals surface area contributed by atoms with Crippen LogP contribution in [0.15, 0.2) is 79.0 Å². The minimum atomic E-state index is 0.994. The van der Waals surface area contributed by atoms with Gasteiger partial charge in [-0.1, -0.05) is 54.6 Å². The third-order valence-electron chi connectivity index (χ3n) is 5.49. The lowest BCUT2D eigenvalue weighted by Crippen LogP contribution is -2.46. The maximum Gasteiger partial charge on any atom is 0.153 e. The number of para-hydroxylation sites is 2. The topological polar surface area (TPSA) is 23.8 Å². The van der Waals surface area contributed by atoms with Gasteiger partial charge in [-0.3, -0.25) is 4.90 Å². The zero-order valence-corrected chi connectivity index (χ0v) is 15.9. The number of aromatic nitrogens is 2. The van der Waals surface area contributed by atoms with Crippen LogP contribution in [0.4, 0.5) is 5.82 Å². The summed E-state index contributed by atoms with van der Waals surface area (Å²) in [5.74, 6) is 1.10. The molecule has 0 bridgehead atoms. The lowest BCUT2D eigenvalue weighted by molar-refractivity contribution is 0.284. The molecule has 0 atom stereocenters. The van der Waals surface area contributed by atoms with E-state index in [1.165, 1.54) is 11.1 Å². The molecule has 4 nitrogen and oxygen atoms in total. The van der Waals surface area contributed by atoms with Gasteiger partial charge in [0.2, 0.25) is 0 Å². The van der Waals surface area contributed by atoms with Crippen LogP contribution < -0.4 is 4.90 Å². The Morgan fingerprint density at radius 1 is 0.786 bits per heavy atom. The van der Waals surface area contributed by atoms with Gasteiger partial charge in [-0.25, -0.2) is 4.98 Å². The van der Waals surface area contributed by atoms with Gasteiger partial charge in [-0.05, 0) is 29.8 Å². The molecule has 1 saturated heterocycles. The standard InChI is InChI=1S/C24H24N4/c1-2-8-20(9-3-1)10-6-14-26-16-18-27(19-17-26)24-23-13-7-15-28(23)22-12-5-4-11-21(22)25-24/h1-13,15H,14,16-19H2. The predicted octanol–water partition coefficient (Wildman–Crippen LogP) is 4.32. The van der Waals surface area contributed by atoms with Crippen molar-refractivity contribution in [3.05, 3.63) is 84.6 Å². The molecular weight excluding hydrogens is 344 g/mol. The van der Waals surface area contributed by atoms with Gasteiger partial charge < -0.3 is 9.30 Å². The molecule has 4 heteroatoms. The zero-order chi connectivity index (χ0) is 18.8. The Hall–Kier alpha value is -3.11. The fourth-order valence-electron chi connectivity index (χ4n) is 3.98. The molecule has 140 valence electrons. The van der Waals surface area contributed by atoms with Crippen LogP contribution in [0.25, 0.3) is 22.6 Å². The number of nitrogens with zero attached hydrogens (tertiary/aromatic N) is 4. The first-order chi connectivity index (χ1) is 13.9. The van der Waals surface area contributed by atoms with Crippen LogP contribution in [0.3, 0.4) is 0 Å². The van der Waals surface area contributed by atoms with E-state index in [1.807, 2.05) is 0 Å². The maximum atomic E-state index is 5.00. The van der Waals surface area contributed by atoms with Gasteiger partial charge in [0.15, 0.2) is 5.82 Å². The second-order valence-electron chi connectivity index (χ2n) is 7.29. The highest BCUT2D eigenvalue weighted by Crippen LogP contribution is 2.26. The normalized spacial score (nSPS) is 15.8. The molecule has 3 heterocycles. The van der Waals surface area contributed by atoms with Crippen LogP contribution in [0, 0.1) is 0 Å². The SMILES string of the molecule is C(=Cc1ccccc1)CN1CCN(c2nc3ccccc3n3cccc23)CC1. The number of hydrogen-bond donors (Lipinski definition) is 0. The van der Waals surface area contributed by atoms with Crippen molar-refractivity contribution in [2.45, 2.75) is 0 Å². The number of rotatable bonds is 4. The summed E-state index contributed by atoms with van der Waals surface area (Å²) in [6.45, 7) is 5.12. The Morgan fingerprint density at radius 2 is 1.54 bits per heavy atom. The van der Waals surface area contributed by atoms with Gasteiger partial charge >= 0.3 is 0 Å². The van der Waals surface area contributed by atoms with Crippen molar-refractivity contribution in [3.8, 4) is 0 Å². The Balaban J connectivity index is 1.30. The van der Waals surface area contributed by atoms with Crippen molar-refractivity contribution in [2.24, 2.45) is 0 Å². The van der Waals surface area contributed by atoms with E-state index in [0.717, 1.165) is 49.6 Å². The molecule has 1 aliphatic rings. The van der Waals surface area contributed by atoms with Crippen molar-refractivity contribution in [1.29, 1.82) is 0 Å². The molecule has 1 aliphatic heterocycles. The smallest absolute Gasteiger partial charge is 0.153 e. The lowest BCUT2D eigenvalue weighted by atomic mass is 10.2. The molecule has 0 aliphatic carbocycles. The van der Waals surface area contributed by atoms with Crippen LogP contribution in [0.1, 0.15) is 5.56 Å². The summed E-state index contributed by atoms with van der Waals surface area (Å²) in [5.41, 5.74) is 4.67. The Kier molecular flexibility index (Phi) is 4.55. The lowest BCUT2D eigenvalue weighted by Gasteiger charge is -2.35. The summed E-state index contributed by atoms with van der Waals surface area (Å²) in [7, 11) is 0. The quantitative estimate of drug-likeness (QED) is 0.536. The molecule has 0 N–H and O–H groups in total. The van der Waals surface area contributed by atoms with E-state index in [2.05, 4.69) is 99.3 Å². The highest BCUT2D eigenvalue weighted by Gasteiger charge is 2.20. The van der Waals surface area contributed by atoms with E-state index in [-0.39, 0.29) is 0 Å². The Labute approximate surface area is 165 Å². The fraction of sp³-hybridized carbons (Fsp3) is 0.208. The summed E-state index contributed by atoms with van der Waals surface area (Å²) in [4.78, 5) is 9.93. The van der Waals surface area contributed by atoms with Gasteiger partial charge in [0.1, 0.15) is 0 Å². The molecule has 0 amide bonds. The first-order valence-corrected chi connectivity index (χ1v) is 9.93. The average molecular weight is 368 g/mol. The van der Waals surface area contributed by atoms with E-state index in [4.69, 9.17) is 4.98 Å². The molecule has 2 aromatic carbocycles. The molecular formula is C24H24N4. The third-order valence-corrected chi connectivity index (χ3v) is 5.49. The van der Waals surface area contributed by atoms with Crippen molar-refractivity contribution in [1.82, 2.24) is 14.3 Å². The van der Waals surface area contributed by atoms with Crippen molar-refractivity contribution < 1.29 is 0 Å². The van der Waals surface area contributed by atoms with Crippen LogP contribution >= 0.6 is 0 Å². The van der Waals surface area contributed by atoms with Gasteiger partial charge in [0.25, 0.3) is 0 Å². The van der Waals surface area contributed by atoms with E-state index in [9.17, 15) is 0 Å². The number of hydrogen-bond acceptors (Lipinski definition) is 3. The largest absolute Gasteiger partial charge is 0.352 e. The molecule has 0 saturated carbocycles. The maximum absolute atomic E-state index is 5.00. The monoisotopic (exact) mass is 368 g/mol. The van der Waals surface area contributed by atoms with Crippen LogP contribution in [0.5, 0.6) is 0 Å². The summed E-state index contributed by atoms with van der Waals surface area (Å²) in [5, 5.41) is 0. The van der Waals surface area contributed by atoms with Gasteiger partial charge in [0, 0.05) is 38.9 Å². The van der Waals surface area contributed by atoms with Gasteiger partial charge in [-0.15, -0.1) is 0 Å². The van der Waals surface area contributed by atoms with Gasteiger partial charge in [-0.2, -0.15) is 0 Å². The average Bonchev–Trinajstić information content (AvgIpc) is 3.25. The Bertz CT molecular complexity index is 1110. The minimum Gasteiger partial charge on any atom is -0.352 e. The summed E-state index contributed by atoms with van der Waals surface area (Å²) < 4.78 is 2.26. The van der Waals surface area contributed by atoms with E-state index in [1.54, 1.807) is 0 Å². The molecule has 1 fully saturated rings. The molecule has 0 unspecified atom stereocenters. The minimum absolute atomic E-state index is 0.994. The van der Waals surface area contributed by atoms with Crippen molar-refractivity contribution in [3.63, 3.8) is 0 Å². The summed E-state index contributed by atoms with van der Waals surface area (Å²) in [6.07, 6.45) is 6.61. The highest BCUT2D eigenvalue weighted by atomic mass is 15.3. The number of benzene rings is 2. The second kappa shape index (κ2) is 7.49. The molecule has 0 radical (unpaired) electrons. The van der Waals surface area contributed by atoms with E-state index >= 15 is 0 Å². The van der Waals surface area contributed by atoms with Crippen LogP contribution in [0.2, 0.25) is 0 Å². The third kappa shape index (κ3) is 3.27. The zero-order valence-electron chi connectivity index (χ0n) is 15.9. The Morgan fingerprint density at radius 3 is 2.39 bits per heavy atom. The van der Waals surface area contributed by atoms with Crippen molar-refractivity contribution in [2.75, 3.05) is 37.6 Å².